The summed E-state index contributed by atoms with van der Waals surface area (Å²) in [5, 5.41) is 1.33. The molecule has 1 N–H and O–H groups in total. The molecule has 1 aliphatic rings. The van der Waals surface area contributed by atoms with Crippen LogP contribution in [0.5, 0.6) is 5.75 Å². The largest absolute Gasteiger partial charge is 0.488 e. The van der Waals surface area contributed by atoms with Crippen LogP contribution >= 0.6 is 11.6 Å². The molecule has 0 saturated carbocycles. The maximum atomic E-state index is 13.5. The Morgan fingerprint density at radius 2 is 2.03 bits per heavy atom. The Morgan fingerprint density at radius 1 is 1.14 bits per heavy atom. The van der Waals surface area contributed by atoms with Gasteiger partial charge < -0.3 is 19.2 Å². The highest BCUT2D eigenvalue weighted by molar-refractivity contribution is 6.32. The van der Waals surface area contributed by atoms with Crippen molar-refractivity contribution >= 4 is 28.2 Å². The number of fused-ring (bicyclic) bond motifs is 2. The van der Waals surface area contributed by atoms with Gasteiger partial charge in [0.15, 0.2) is 5.75 Å². The first-order valence-electron chi connectivity index (χ1n) is 9.24. The number of hydrogen-bond acceptors (Lipinski definition) is 3. The van der Waals surface area contributed by atoms with Gasteiger partial charge in [0, 0.05) is 36.1 Å². The quantitative estimate of drug-likeness (QED) is 0.541. The summed E-state index contributed by atoms with van der Waals surface area (Å²) in [4.78, 5) is 16.4. The maximum absolute atomic E-state index is 13.5. The number of rotatable bonds is 3. The van der Waals surface area contributed by atoms with Crippen molar-refractivity contribution in [1.29, 1.82) is 0 Å². The number of hydrogen-bond donors (Lipinski definition) is 1. The van der Waals surface area contributed by atoms with Gasteiger partial charge in [-0.15, -0.1) is 0 Å². The molecular weight excluding hydrogens is 393 g/mol. The third kappa shape index (κ3) is 3.25. The lowest BCUT2D eigenvalue weighted by Crippen LogP contribution is -2.32. The number of nitrogens with zero attached hydrogens (tertiary/aromatic N) is 2. The van der Waals surface area contributed by atoms with E-state index in [0.717, 1.165) is 27.8 Å². The van der Waals surface area contributed by atoms with Crippen LogP contribution in [0.3, 0.4) is 0 Å². The van der Waals surface area contributed by atoms with Crippen molar-refractivity contribution < 1.29 is 9.13 Å². The molecule has 29 heavy (non-hydrogen) atoms. The summed E-state index contributed by atoms with van der Waals surface area (Å²) in [6, 6.07) is 13.9. The number of aromatic amines is 1. The second-order valence-corrected chi connectivity index (χ2v) is 7.40. The van der Waals surface area contributed by atoms with Gasteiger partial charge in [-0.25, -0.2) is 4.39 Å². The van der Waals surface area contributed by atoms with Crippen LogP contribution in [0.15, 0.2) is 65.7 Å². The summed E-state index contributed by atoms with van der Waals surface area (Å²) in [6.45, 7) is 1.76. The van der Waals surface area contributed by atoms with Crippen LogP contribution in [-0.2, 0) is 6.54 Å². The zero-order valence-electron chi connectivity index (χ0n) is 15.4. The molecule has 1 aliphatic heterocycles. The van der Waals surface area contributed by atoms with E-state index in [-0.39, 0.29) is 11.4 Å². The molecule has 0 spiro atoms. The first kappa shape index (κ1) is 17.8. The maximum Gasteiger partial charge on any atom is 0.248 e. The molecule has 0 saturated heterocycles. The van der Waals surface area contributed by atoms with E-state index in [0.29, 0.717) is 30.5 Å². The van der Waals surface area contributed by atoms with Crippen LogP contribution < -0.4 is 15.2 Å². The van der Waals surface area contributed by atoms with Crippen LogP contribution in [0.2, 0.25) is 5.02 Å². The molecule has 7 heteroatoms. The normalized spacial score (nSPS) is 13.4. The van der Waals surface area contributed by atoms with E-state index in [1.165, 1.54) is 12.1 Å². The molecular formula is C22H17ClFN3O2. The number of halogens is 2. The average Bonchev–Trinajstić information content (AvgIpc) is 3.11. The molecule has 0 bridgehead atoms. The van der Waals surface area contributed by atoms with Gasteiger partial charge >= 0.3 is 0 Å². The minimum atomic E-state index is -0.267. The Balaban J connectivity index is 1.59. The Labute approximate surface area is 170 Å². The van der Waals surface area contributed by atoms with E-state index in [1.807, 2.05) is 35.0 Å². The van der Waals surface area contributed by atoms with Gasteiger partial charge in [0.1, 0.15) is 12.4 Å². The van der Waals surface area contributed by atoms with Gasteiger partial charge in [-0.1, -0.05) is 11.6 Å². The van der Waals surface area contributed by atoms with Crippen LogP contribution in [0.4, 0.5) is 10.1 Å². The number of pyridine rings is 1. The minimum absolute atomic E-state index is 0.131. The highest BCUT2D eigenvalue weighted by Crippen LogP contribution is 2.41. The Kier molecular flexibility index (Phi) is 4.28. The predicted octanol–water partition coefficient (Wildman–Crippen LogP) is 4.51. The van der Waals surface area contributed by atoms with Crippen LogP contribution in [0, 0.1) is 5.82 Å². The van der Waals surface area contributed by atoms with Crippen molar-refractivity contribution in [2.45, 2.75) is 6.54 Å². The lowest BCUT2D eigenvalue weighted by atomic mass is 10.1. The van der Waals surface area contributed by atoms with E-state index in [4.69, 9.17) is 16.3 Å². The van der Waals surface area contributed by atoms with Crippen LogP contribution in [0.25, 0.3) is 16.6 Å². The first-order chi connectivity index (χ1) is 14.1. The second kappa shape index (κ2) is 6.97. The number of H-pyrrole nitrogens is 1. The smallest absolute Gasteiger partial charge is 0.248 e. The molecule has 3 heterocycles. The standard InChI is InChI=1S/C22H17ClFN3O2/c23-18-11-17(27-6-4-15-10-16(24)1-2-19(15)27)12-20-22(18)29-8-7-26(20)13-14-3-5-25-21(28)9-14/h1-6,9-12H,7-8,13H2,(H,25,28). The van der Waals surface area contributed by atoms with E-state index in [9.17, 15) is 9.18 Å². The number of ether oxygens (including phenoxy) is 1. The fourth-order valence-electron chi connectivity index (χ4n) is 3.77. The van der Waals surface area contributed by atoms with Gasteiger partial charge in [-0.2, -0.15) is 0 Å². The zero-order valence-corrected chi connectivity index (χ0v) is 16.1. The fourth-order valence-corrected chi connectivity index (χ4v) is 4.03. The molecule has 0 fully saturated rings. The summed E-state index contributed by atoms with van der Waals surface area (Å²) in [5.74, 6) is 0.366. The van der Waals surface area contributed by atoms with Crippen molar-refractivity contribution in [1.82, 2.24) is 9.55 Å². The van der Waals surface area contributed by atoms with E-state index < -0.39 is 0 Å². The highest BCUT2D eigenvalue weighted by atomic mass is 35.5. The van der Waals surface area contributed by atoms with E-state index in [2.05, 4.69) is 9.88 Å². The fraction of sp³-hybridized carbons (Fsp3) is 0.136. The minimum Gasteiger partial charge on any atom is -0.488 e. The third-order valence-corrected chi connectivity index (χ3v) is 5.38. The Hall–Kier alpha value is -3.25. The lowest BCUT2D eigenvalue weighted by molar-refractivity contribution is 0.307. The van der Waals surface area contributed by atoms with Gasteiger partial charge in [-0.3, -0.25) is 4.79 Å². The Morgan fingerprint density at radius 3 is 2.90 bits per heavy atom. The molecule has 2 aromatic heterocycles. The van der Waals surface area contributed by atoms with Crippen LogP contribution in [0.1, 0.15) is 5.56 Å². The molecule has 4 aromatic rings. The summed E-state index contributed by atoms with van der Waals surface area (Å²) < 4.78 is 21.3. The van der Waals surface area contributed by atoms with Gasteiger partial charge in [0.2, 0.25) is 5.56 Å². The van der Waals surface area contributed by atoms with Gasteiger partial charge in [0.05, 0.1) is 22.8 Å². The molecule has 2 aromatic carbocycles. The van der Waals surface area contributed by atoms with Crippen molar-refractivity contribution in [3.63, 3.8) is 0 Å². The number of nitrogens with one attached hydrogen (secondary N) is 1. The van der Waals surface area contributed by atoms with Crippen molar-refractivity contribution in [3.05, 3.63) is 87.7 Å². The van der Waals surface area contributed by atoms with Crippen molar-refractivity contribution in [3.8, 4) is 11.4 Å². The highest BCUT2D eigenvalue weighted by Gasteiger charge is 2.23. The Bertz CT molecular complexity index is 1280. The molecule has 0 radical (unpaired) electrons. The van der Waals surface area contributed by atoms with Gasteiger partial charge in [-0.05, 0) is 48.0 Å². The second-order valence-electron chi connectivity index (χ2n) is 7.00. The summed E-state index contributed by atoms with van der Waals surface area (Å²) >= 11 is 6.55. The number of aromatic nitrogens is 2. The molecule has 0 aliphatic carbocycles. The van der Waals surface area contributed by atoms with E-state index in [1.54, 1.807) is 18.3 Å². The van der Waals surface area contributed by atoms with Crippen molar-refractivity contribution in [2.24, 2.45) is 0 Å². The first-order valence-corrected chi connectivity index (χ1v) is 9.62. The number of anilines is 1. The SMILES string of the molecule is O=c1cc(CN2CCOc3c(Cl)cc(-n4ccc5cc(F)ccc54)cc32)cc[nH]1. The lowest BCUT2D eigenvalue weighted by Gasteiger charge is -2.32. The molecule has 0 atom stereocenters. The van der Waals surface area contributed by atoms with Gasteiger partial charge in [0.25, 0.3) is 0 Å². The monoisotopic (exact) mass is 409 g/mol. The summed E-state index contributed by atoms with van der Waals surface area (Å²) in [7, 11) is 0. The van der Waals surface area contributed by atoms with E-state index >= 15 is 0 Å². The molecule has 146 valence electrons. The summed E-state index contributed by atoms with van der Waals surface area (Å²) in [6.07, 6.45) is 3.54. The van der Waals surface area contributed by atoms with Crippen molar-refractivity contribution in [2.75, 3.05) is 18.1 Å². The molecule has 5 nitrogen and oxygen atoms in total. The third-order valence-electron chi connectivity index (χ3n) is 5.10. The number of benzene rings is 2. The molecule has 0 amide bonds. The van der Waals surface area contributed by atoms with Crippen LogP contribution in [-0.4, -0.2) is 22.7 Å². The topological polar surface area (TPSA) is 50.3 Å². The summed E-state index contributed by atoms with van der Waals surface area (Å²) in [5.41, 5.74) is 3.39. The molecule has 5 rings (SSSR count). The molecule has 0 unspecified atom stereocenters. The average molecular weight is 410 g/mol. The predicted molar refractivity (Wildman–Crippen MR) is 112 cm³/mol. The zero-order chi connectivity index (χ0) is 20.0.